The molecule has 1 spiro atoms. The predicted molar refractivity (Wildman–Crippen MR) is 87.5 cm³/mol. The lowest BCUT2D eigenvalue weighted by Crippen LogP contribution is -2.42. The summed E-state index contributed by atoms with van der Waals surface area (Å²) in [5, 5.41) is 5.51. The van der Waals surface area contributed by atoms with Crippen LogP contribution in [-0.2, 0) is 12.4 Å². The van der Waals surface area contributed by atoms with Crippen LogP contribution in [0.1, 0.15) is 56.2 Å². The van der Waals surface area contributed by atoms with E-state index in [-0.39, 0.29) is 0 Å². The van der Waals surface area contributed by atoms with Crippen LogP contribution in [0.4, 0.5) is 5.82 Å². The zero-order chi connectivity index (χ0) is 14.2. The van der Waals surface area contributed by atoms with E-state index in [1.807, 2.05) is 0 Å². The van der Waals surface area contributed by atoms with Crippen molar-refractivity contribution in [3.63, 3.8) is 0 Å². The molecular formula is C16H26BrN3. The van der Waals surface area contributed by atoms with E-state index >= 15 is 0 Å². The molecule has 0 bridgehead atoms. The van der Waals surface area contributed by atoms with Gasteiger partial charge in [0.05, 0.1) is 5.69 Å². The molecule has 20 heavy (non-hydrogen) atoms. The molecule has 0 atom stereocenters. The first kappa shape index (κ1) is 14.4. The van der Waals surface area contributed by atoms with Crippen molar-refractivity contribution in [2.75, 3.05) is 18.0 Å². The van der Waals surface area contributed by atoms with Crippen molar-refractivity contribution in [1.29, 1.82) is 0 Å². The molecule has 1 aromatic heterocycles. The Bertz CT molecular complexity index is 464. The summed E-state index contributed by atoms with van der Waals surface area (Å²) >= 11 is 3.63. The van der Waals surface area contributed by atoms with Gasteiger partial charge in [0.2, 0.25) is 0 Å². The third-order valence-electron chi connectivity index (χ3n) is 5.48. The van der Waals surface area contributed by atoms with Gasteiger partial charge in [-0.3, -0.25) is 4.68 Å². The Labute approximate surface area is 130 Å². The number of anilines is 1. The Morgan fingerprint density at radius 1 is 1.10 bits per heavy atom. The maximum absolute atomic E-state index is 4.61. The smallest absolute Gasteiger partial charge is 0.130 e. The molecule has 0 amide bonds. The van der Waals surface area contributed by atoms with E-state index in [2.05, 4.69) is 44.6 Å². The molecule has 0 radical (unpaired) electrons. The highest BCUT2D eigenvalue weighted by molar-refractivity contribution is 9.08. The molecule has 1 aliphatic heterocycles. The predicted octanol–water partition coefficient (Wildman–Crippen LogP) is 4.17. The number of rotatable bonds is 2. The number of aromatic nitrogens is 2. The van der Waals surface area contributed by atoms with E-state index < -0.39 is 0 Å². The molecule has 0 unspecified atom stereocenters. The van der Waals surface area contributed by atoms with Crippen LogP contribution < -0.4 is 4.90 Å². The first-order chi connectivity index (χ1) is 9.65. The summed E-state index contributed by atoms with van der Waals surface area (Å²) in [6.07, 6.45) is 10.1. The average molecular weight is 340 g/mol. The fraction of sp³-hybridized carbons (Fsp3) is 0.812. The second kappa shape index (κ2) is 5.70. The van der Waals surface area contributed by atoms with Gasteiger partial charge in [0.15, 0.2) is 0 Å². The SMILES string of the molecule is Cc1nn(C)c(N2CCC3(CCCCC3)CC2)c1CBr. The van der Waals surface area contributed by atoms with Gasteiger partial charge < -0.3 is 4.90 Å². The highest BCUT2D eigenvalue weighted by atomic mass is 79.9. The van der Waals surface area contributed by atoms with Gasteiger partial charge in [-0.05, 0) is 38.0 Å². The molecule has 1 aromatic rings. The normalized spacial score (nSPS) is 22.4. The molecule has 3 rings (SSSR count). The van der Waals surface area contributed by atoms with Crippen LogP contribution in [0.2, 0.25) is 0 Å². The van der Waals surface area contributed by atoms with Crippen LogP contribution in [0.25, 0.3) is 0 Å². The Hall–Kier alpha value is -0.510. The Morgan fingerprint density at radius 2 is 1.75 bits per heavy atom. The summed E-state index contributed by atoms with van der Waals surface area (Å²) < 4.78 is 2.07. The Balaban J connectivity index is 1.75. The van der Waals surface area contributed by atoms with Crippen molar-refractivity contribution in [1.82, 2.24) is 9.78 Å². The molecule has 1 aliphatic carbocycles. The lowest BCUT2D eigenvalue weighted by atomic mass is 9.68. The largest absolute Gasteiger partial charge is 0.357 e. The highest BCUT2D eigenvalue weighted by Gasteiger charge is 2.36. The van der Waals surface area contributed by atoms with Gasteiger partial charge in [0, 0.05) is 31.0 Å². The van der Waals surface area contributed by atoms with E-state index in [4.69, 9.17) is 0 Å². The molecule has 3 nitrogen and oxygen atoms in total. The lowest BCUT2D eigenvalue weighted by Gasteiger charge is -2.45. The van der Waals surface area contributed by atoms with Crippen molar-refractivity contribution in [3.05, 3.63) is 11.3 Å². The van der Waals surface area contributed by atoms with Crippen molar-refractivity contribution < 1.29 is 0 Å². The summed E-state index contributed by atoms with van der Waals surface area (Å²) in [5.74, 6) is 1.34. The molecule has 2 aliphatic rings. The van der Waals surface area contributed by atoms with Crippen LogP contribution in [0.3, 0.4) is 0 Å². The molecule has 2 heterocycles. The van der Waals surface area contributed by atoms with Crippen molar-refractivity contribution >= 4 is 21.7 Å². The minimum atomic E-state index is 0.678. The summed E-state index contributed by atoms with van der Waals surface area (Å²) in [4.78, 5) is 2.57. The lowest BCUT2D eigenvalue weighted by molar-refractivity contribution is 0.143. The molecular weight excluding hydrogens is 314 g/mol. The molecule has 4 heteroatoms. The third kappa shape index (κ3) is 2.51. The van der Waals surface area contributed by atoms with Gasteiger partial charge in [0.1, 0.15) is 5.82 Å². The highest BCUT2D eigenvalue weighted by Crippen LogP contribution is 2.45. The standard InChI is InChI=1S/C16H26BrN3/c1-13-14(12-17)15(19(2)18-13)20-10-8-16(9-11-20)6-4-3-5-7-16/h3-12H2,1-2H3. The Morgan fingerprint density at radius 3 is 2.35 bits per heavy atom. The van der Waals surface area contributed by atoms with E-state index in [9.17, 15) is 0 Å². The first-order valence-corrected chi connectivity index (χ1v) is 9.11. The number of piperidine rings is 1. The van der Waals surface area contributed by atoms with E-state index in [1.165, 1.54) is 69.4 Å². The first-order valence-electron chi connectivity index (χ1n) is 7.99. The molecule has 112 valence electrons. The maximum Gasteiger partial charge on any atom is 0.130 e. The number of aryl methyl sites for hydroxylation is 2. The second-order valence-electron chi connectivity index (χ2n) is 6.69. The van der Waals surface area contributed by atoms with Crippen LogP contribution in [0, 0.1) is 12.3 Å². The summed E-state index contributed by atoms with van der Waals surface area (Å²) in [6, 6.07) is 0. The van der Waals surface area contributed by atoms with Gasteiger partial charge in [-0.2, -0.15) is 5.10 Å². The molecule has 1 saturated heterocycles. The van der Waals surface area contributed by atoms with Crippen molar-refractivity contribution in [2.45, 2.75) is 57.2 Å². The fourth-order valence-corrected chi connectivity index (χ4v) is 4.89. The number of halogens is 1. The summed E-state index contributed by atoms with van der Waals surface area (Å²) in [7, 11) is 2.08. The quantitative estimate of drug-likeness (QED) is 0.754. The third-order valence-corrected chi connectivity index (χ3v) is 6.05. The minimum absolute atomic E-state index is 0.678. The second-order valence-corrected chi connectivity index (χ2v) is 7.25. The molecule has 0 aromatic carbocycles. The topological polar surface area (TPSA) is 21.1 Å². The van der Waals surface area contributed by atoms with Crippen LogP contribution in [0.5, 0.6) is 0 Å². The van der Waals surface area contributed by atoms with Crippen LogP contribution in [0.15, 0.2) is 0 Å². The van der Waals surface area contributed by atoms with Gasteiger partial charge in [-0.25, -0.2) is 0 Å². The van der Waals surface area contributed by atoms with E-state index in [0.29, 0.717) is 5.41 Å². The molecule has 0 N–H and O–H groups in total. The van der Waals surface area contributed by atoms with E-state index in [0.717, 1.165) is 11.0 Å². The van der Waals surface area contributed by atoms with Crippen molar-refractivity contribution in [3.8, 4) is 0 Å². The van der Waals surface area contributed by atoms with Crippen LogP contribution in [-0.4, -0.2) is 22.9 Å². The van der Waals surface area contributed by atoms with Gasteiger partial charge in [0.25, 0.3) is 0 Å². The zero-order valence-corrected chi connectivity index (χ0v) is 14.4. The number of alkyl halides is 1. The fourth-order valence-electron chi connectivity index (χ4n) is 4.24. The number of hydrogen-bond acceptors (Lipinski definition) is 2. The van der Waals surface area contributed by atoms with Crippen molar-refractivity contribution in [2.24, 2.45) is 12.5 Å². The number of hydrogen-bond donors (Lipinski definition) is 0. The summed E-state index contributed by atoms with van der Waals surface area (Å²) in [5.41, 5.74) is 3.21. The Kier molecular flexibility index (Phi) is 4.11. The minimum Gasteiger partial charge on any atom is -0.357 e. The number of nitrogens with zero attached hydrogens (tertiary/aromatic N) is 3. The van der Waals surface area contributed by atoms with Gasteiger partial charge in [-0.15, -0.1) is 0 Å². The maximum atomic E-state index is 4.61. The van der Waals surface area contributed by atoms with Crippen LogP contribution >= 0.6 is 15.9 Å². The van der Waals surface area contributed by atoms with Gasteiger partial charge >= 0.3 is 0 Å². The molecule has 1 saturated carbocycles. The van der Waals surface area contributed by atoms with Gasteiger partial charge in [-0.1, -0.05) is 35.2 Å². The summed E-state index contributed by atoms with van der Waals surface area (Å²) in [6.45, 7) is 4.53. The van der Waals surface area contributed by atoms with E-state index in [1.54, 1.807) is 0 Å². The monoisotopic (exact) mass is 339 g/mol. The molecule has 2 fully saturated rings. The zero-order valence-electron chi connectivity index (χ0n) is 12.8. The average Bonchev–Trinajstić information content (AvgIpc) is 2.75.